The molecule has 0 aliphatic heterocycles. The first-order valence-corrected chi connectivity index (χ1v) is 10.7. The molecule has 0 heterocycles. The molecule has 0 saturated carbocycles. The molecule has 5 aromatic rings. The molecule has 5 aromatic carbocycles. The van der Waals surface area contributed by atoms with Gasteiger partial charge >= 0.3 is 0 Å². The summed E-state index contributed by atoms with van der Waals surface area (Å²) in [6, 6.07) is 32.9. The summed E-state index contributed by atoms with van der Waals surface area (Å²) in [5, 5.41) is 8.29. The summed E-state index contributed by atoms with van der Waals surface area (Å²) >= 11 is 0. The molecule has 6 rings (SSSR count). The third-order valence-electron chi connectivity index (χ3n) is 6.16. The molecule has 0 spiro atoms. The van der Waals surface area contributed by atoms with Gasteiger partial charge in [0.2, 0.25) is 0 Å². The zero-order chi connectivity index (χ0) is 19.6. The van der Waals surface area contributed by atoms with Crippen LogP contribution in [-0.4, -0.2) is 0 Å². The molecule has 0 heteroatoms. The summed E-state index contributed by atoms with van der Waals surface area (Å²) in [4.78, 5) is 0. The van der Waals surface area contributed by atoms with Gasteiger partial charge in [0.1, 0.15) is 0 Å². The summed E-state index contributed by atoms with van der Waals surface area (Å²) < 4.78 is 0. The van der Waals surface area contributed by atoms with Gasteiger partial charge in [-0.15, -0.1) is 0 Å². The largest absolute Gasteiger partial charge is 0.0616 e. The lowest BCUT2D eigenvalue weighted by molar-refractivity contribution is 0.690. The van der Waals surface area contributed by atoms with E-state index in [-0.39, 0.29) is 0 Å². The molecule has 0 radical (unpaired) electrons. The van der Waals surface area contributed by atoms with Gasteiger partial charge in [-0.1, -0.05) is 96.6 Å². The van der Waals surface area contributed by atoms with E-state index in [1.165, 1.54) is 63.6 Å². The van der Waals surface area contributed by atoms with Gasteiger partial charge in [0.05, 0.1) is 0 Å². The monoisotopic (exact) mass is 374 g/mol. The fourth-order valence-electron chi connectivity index (χ4n) is 4.65. The zero-order valence-corrected chi connectivity index (χ0v) is 17.0. The van der Waals surface area contributed by atoms with Crippen molar-refractivity contribution in [2.24, 2.45) is 0 Å². The molecular formula is C29H26. The summed E-state index contributed by atoms with van der Waals surface area (Å²) in [6.07, 6.45) is 5.22. The van der Waals surface area contributed by atoms with Crippen LogP contribution in [0.2, 0.25) is 0 Å². The number of hydrogen-bond donors (Lipinski definition) is 0. The van der Waals surface area contributed by atoms with Crippen LogP contribution in [0, 0.1) is 6.92 Å². The van der Waals surface area contributed by atoms with E-state index in [1.807, 2.05) is 0 Å². The fraction of sp³-hybridized carbons (Fsp3) is 0.172. The Morgan fingerprint density at radius 1 is 0.517 bits per heavy atom. The maximum absolute atomic E-state index is 2.35. The Balaban J connectivity index is 0.000000142. The molecule has 0 aromatic heterocycles. The van der Waals surface area contributed by atoms with Gasteiger partial charge in [0.25, 0.3) is 0 Å². The molecule has 29 heavy (non-hydrogen) atoms. The van der Waals surface area contributed by atoms with Crippen LogP contribution < -0.4 is 0 Å². The number of fused-ring (bicyclic) bond motifs is 6. The average Bonchev–Trinajstić information content (AvgIpc) is 2.79. The maximum atomic E-state index is 2.35. The standard InChI is InChI=1S/C18H16.C11H10/c1-3-7-15-13(5-1)9-11-18-16-8-4-2-6-14(16)10-12-17(15)18;1-9-6-7-10-4-2-3-5-11(10)8-9/h1,3,5,7,9-12H,2,4,6,8H2;2-8H,1H3. The highest BCUT2D eigenvalue weighted by atomic mass is 14.2. The van der Waals surface area contributed by atoms with Crippen LogP contribution in [0.15, 0.2) is 91.0 Å². The minimum Gasteiger partial charge on any atom is -0.0616 e. The van der Waals surface area contributed by atoms with Gasteiger partial charge in [-0.2, -0.15) is 0 Å². The van der Waals surface area contributed by atoms with Crippen molar-refractivity contribution in [3.63, 3.8) is 0 Å². The van der Waals surface area contributed by atoms with Crippen LogP contribution in [0.1, 0.15) is 29.5 Å². The Kier molecular flexibility index (Phi) is 4.77. The smallest absolute Gasteiger partial charge is 0.0102 e. The van der Waals surface area contributed by atoms with Gasteiger partial charge in [-0.25, -0.2) is 0 Å². The number of rotatable bonds is 0. The van der Waals surface area contributed by atoms with Crippen molar-refractivity contribution in [3.8, 4) is 0 Å². The first-order chi connectivity index (χ1) is 14.3. The molecule has 1 aliphatic carbocycles. The van der Waals surface area contributed by atoms with E-state index in [4.69, 9.17) is 0 Å². The molecule has 0 amide bonds. The van der Waals surface area contributed by atoms with Crippen molar-refractivity contribution >= 4 is 32.3 Å². The summed E-state index contributed by atoms with van der Waals surface area (Å²) in [6.45, 7) is 2.12. The second kappa shape index (κ2) is 7.72. The number of aryl methyl sites for hydroxylation is 3. The Morgan fingerprint density at radius 2 is 1.21 bits per heavy atom. The highest BCUT2D eigenvalue weighted by Crippen LogP contribution is 2.33. The molecule has 142 valence electrons. The van der Waals surface area contributed by atoms with Gasteiger partial charge in [-0.3, -0.25) is 0 Å². The minimum absolute atomic E-state index is 1.25. The van der Waals surface area contributed by atoms with E-state index < -0.39 is 0 Å². The van der Waals surface area contributed by atoms with E-state index in [2.05, 4.69) is 97.9 Å². The summed E-state index contributed by atoms with van der Waals surface area (Å²) in [5.74, 6) is 0. The molecule has 0 nitrogen and oxygen atoms in total. The quantitative estimate of drug-likeness (QED) is 0.241. The van der Waals surface area contributed by atoms with Crippen molar-refractivity contribution in [2.75, 3.05) is 0 Å². The first-order valence-electron chi connectivity index (χ1n) is 10.7. The van der Waals surface area contributed by atoms with Crippen molar-refractivity contribution in [1.82, 2.24) is 0 Å². The molecule has 1 aliphatic rings. The predicted molar refractivity (Wildman–Crippen MR) is 127 cm³/mol. The van der Waals surface area contributed by atoms with Crippen LogP contribution in [0.25, 0.3) is 32.3 Å². The van der Waals surface area contributed by atoms with Crippen molar-refractivity contribution in [1.29, 1.82) is 0 Å². The first kappa shape index (κ1) is 17.9. The third kappa shape index (κ3) is 3.51. The maximum Gasteiger partial charge on any atom is -0.0102 e. The van der Waals surface area contributed by atoms with Crippen LogP contribution in [-0.2, 0) is 12.8 Å². The summed E-state index contributed by atoms with van der Waals surface area (Å²) in [5.41, 5.74) is 4.50. The van der Waals surface area contributed by atoms with Crippen LogP contribution in [0.4, 0.5) is 0 Å². The Morgan fingerprint density at radius 3 is 2.10 bits per heavy atom. The van der Waals surface area contributed by atoms with Crippen LogP contribution in [0.3, 0.4) is 0 Å². The van der Waals surface area contributed by atoms with Crippen LogP contribution >= 0.6 is 0 Å². The Bertz CT molecular complexity index is 1310. The third-order valence-corrected chi connectivity index (χ3v) is 6.16. The van der Waals surface area contributed by atoms with Crippen molar-refractivity contribution in [3.05, 3.63) is 108 Å². The van der Waals surface area contributed by atoms with E-state index in [1.54, 1.807) is 11.1 Å². The Hall–Kier alpha value is -3.12. The van der Waals surface area contributed by atoms with Gasteiger partial charge in [0, 0.05) is 0 Å². The normalized spacial score (nSPS) is 13.1. The molecule has 0 bridgehead atoms. The Labute approximate surface area is 172 Å². The van der Waals surface area contributed by atoms with E-state index in [0.29, 0.717) is 0 Å². The second-order valence-electron chi connectivity index (χ2n) is 8.14. The van der Waals surface area contributed by atoms with Crippen molar-refractivity contribution in [2.45, 2.75) is 32.6 Å². The van der Waals surface area contributed by atoms with Gasteiger partial charge in [0.15, 0.2) is 0 Å². The lowest BCUT2D eigenvalue weighted by atomic mass is 9.86. The average molecular weight is 375 g/mol. The zero-order valence-electron chi connectivity index (χ0n) is 17.0. The highest BCUT2D eigenvalue weighted by molar-refractivity contribution is 6.08. The van der Waals surface area contributed by atoms with Crippen LogP contribution in [0.5, 0.6) is 0 Å². The second-order valence-corrected chi connectivity index (χ2v) is 8.14. The molecule has 0 saturated heterocycles. The molecule has 0 N–H and O–H groups in total. The van der Waals surface area contributed by atoms with E-state index >= 15 is 0 Å². The SMILES string of the molecule is Cc1ccc2ccccc2c1.c1ccc2c(c1)ccc1c3c(ccc12)CCCC3. The minimum atomic E-state index is 1.25. The van der Waals surface area contributed by atoms with Gasteiger partial charge in [-0.05, 0) is 76.1 Å². The number of benzene rings is 5. The lowest BCUT2D eigenvalue weighted by Gasteiger charge is -2.18. The molecule has 0 atom stereocenters. The number of hydrogen-bond acceptors (Lipinski definition) is 0. The molecular weight excluding hydrogens is 348 g/mol. The predicted octanol–water partition coefficient (Wildman–Crippen LogP) is 8.02. The fourth-order valence-corrected chi connectivity index (χ4v) is 4.65. The molecule has 0 unspecified atom stereocenters. The van der Waals surface area contributed by atoms with Gasteiger partial charge < -0.3 is 0 Å². The van der Waals surface area contributed by atoms with E-state index in [9.17, 15) is 0 Å². The topological polar surface area (TPSA) is 0 Å². The highest BCUT2D eigenvalue weighted by Gasteiger charge is 2.13. The van der Waals surface area contributed by atoms with Crippen molar-refractivity contribution < 1.29 is 0 Å². The molecule has 0 fully saturated rings. The van der Waals surface area contributed by atoms with E-state index in [0.717, 1.165) is 0 Å². The lowest BCUT2D eigenvalue weighted by Crippen LogP contribution is -2.02. The summed E-state index contributed by atoms with van der Waals surface area (Å²) in [7, 11) is 0.